The molecule has 0 aromatic carbocycles. The van der Waals surface area contributed by atoms with Crippen molar-refractivity contribution in [3.8, 4) is 0 Å². The number of aliphatic hydroxyl groups is 1. The lowest BCUT2D eigenvalue weighted by Crippen LogP contribution is -1.85. The standard InChI is InChI=1S/C5H7NO/c7-5-3-1-2-4-6-5/h3-4,7H,1-2H2. The molecule has 1 heterocycles. The first-order chi connectivity index (χ1) is 3.39. The third-order valence-corrected chi connectivity index (χ3v) is 0.846. The predicted octanol–water partition coefficient (Wildman–Crippen LogP) is 1.25. The van der Waals surface area contributed by atoms with E-state index in [-0.39, 0.29) is 5.88 Å². The van der Waals surface area contributed by atoms with Gasteiger partial charge >= 0.3 is 0 Å². The van der Waals surface area contributed by atoms with Gasteiger partial charge in [-0.25, -0.2) is 4.99 Å². The van der Waals surface area contributed by atoms with Gasteiger partial charge in [0, 0.05) is 6.21 Å². The third-order valence-electron chi connectivity index (χ3n) is 0.846. The molecule has 2 nitrogen and oxygen atoms in total. The van der Waals surface area contributed by atoms with Crippen LogP contribution in [0.2, 0.25) is 0 Å². The van der Waals surface area contributed by atoms with E-state index in [1.54, 1.807) is 12.3 Å². The summed E-state index contributed by atoms with van der Waals surface area (Å²) >= 11 is 0. The van der Waals surface area contributed by atoms with Gasteiger partial charge in [-0.05, 0) is 18.9 Å². The lowest BCUT2D eigenvalue weighted by molar-refractivity contribution is 0.402. The van der Waals surface area contributed by atoms with Crippen molar-refractivity contribution in [2.45, 2.75) is 12.8 Å². The summed E-state index contributed by atoms with van der Waals surface area (Å²) in [5.74, 6) is 0.159. The fourth-order valence-corrected chi connectivity index (χ4v) is 0.498. The van der Waals surface area contributed by atoms with E-state index in [0.29, 0.717) is 0 Å². The van der Waals surface area contributed by atoms with Gasteiger partial charge in [0.15, 0.2) is 0 Å². The summed E-state index contributed by atoms with van der Waals surface area (Å²) in [6.45, 7) is 0. The van der Waals surface area contributed by atoms with E-state index in [0.717, 1.165) is 12.8 Å². The molecule has 1 aliphatic heterocycles. The number of allylic oxidation sites excluding steroid dienone is 1. The summed E-state index contributed by atoms with van der Waals surface area (Å²) < 4.78 is 0. The monoisotopic (exact) mass is 97.1 g/mol. The average molecular weight is 97.1 g/mol. The molecule has 38 valence electrons. The van der Waals surface area contributed by atoms with Crippen molar-refractivity contribution in [3.63, 3.8) is 0 Å². The Kier molecular flexibility index (Phi) is 1.11. The largest absolute Gasteiger partial charge is 0.494 e. The highest BCUT2D eigenvalue weighted by molar-refractivity contribution is 5.59. The van der Waals surface area contributed by atoms with Gasteiger partial charge in [0.1, 0.15) is 0 Å². The molecule has 7 heavy (non-hydrogen) atoms. The molecule has 0 saturated carbocycles. The smallest absolute Gasteiger partial charge is 0.206 e. The lowest BCUT2D eigenvalue weighted by atomic mass is 10.3. The number of rotatable bonds is 0. The van der Waals surface area contributed by atoms with Gasteiger partial charge in [-0.15, -0.1) is 0 Å². The predicted molar refractivity (Wildman–Crippen MR) is 28.4 cm³/mol. The second-order valence-corrected chi connectivity index (χ2v) is 1.45. The second kappa shape index (κ2) is 1.78. The van der Waals surface area contributed by atoms with E-state index in [2.05, 4.69) is 4.99 Å². The van der Waals surface area contributed by atoms with Gasteiger partial charge in [0.25, 0.3) is 0 Å². The minimum absolute atomic E-state index is 0.159. The van der Waals surface area contributed by atoms with Crippen molar-refractivity contribution in [2.24, 2.45) is 4.99 Å². The maximum Gasteiger partial charge on any atom is 0.206 e. The number of aliphatic hydroxyl groups excluding tert-OH is 1. The van der Waals surface area contributed by atoms with Gasteiger partial charge in [0.05, 0.1) is 0 Å². The van der Waals surface area contributed by atoms with Crippen molar-refractivity contribution in [2.75, 3.05) is 0 Å². The Morgan fingerprint density at radius 2 is 2.43 bits per heavy atom. The number of aliphatic imine (C=N–C) groups is 1. The van der Waals surface area contributed by atoms with E-state index in [4.69, 9.17) is 5.11 Å². The van der Waals surface area contributed by atoms with Crippen LogP contribution in [0.5, 0.6) is 0 Å². The van der Waals surface area contributed by atoms with Crippen LogP contribution in [0, 0.1) is 0 Å². The topological polar surface area (TPSA) is 32.6 Å². The highest BCUT2D eigenvalue weighted by Crippen LogP contribution is 2.00. The van der Waals surface area contributed by atoms with Crippen LogP contribution in [-0.4, -0.2) is 11.3 Å². The molecule has 0 bridgehead atoms. The fourth-order valence-electron chi connectivity index (χ4n) is 0.498. The van der Waals surface area contributed by atoms with Crippen molar-refractivity contribution in [3.05, 3.63) is 12.0 Å². The van der Waals surface area contributed by atoms with Crippen LogP contribution >= 0.6 is 0 Å². The molecule has 0 atom stereocenters. The molecule has 0 aliphatic carbocycles. The van der Waals surface area contributed by atoms with Crippen molar-refractivity contribution in [1.82, 2.24) is 0 Å². The molecule has 0 radical (unpaired) electrons. The minimum atomic E-state index is 0.159. The molecule has 1 N–H and O–H groups in total. The second-order valence-electron chi connectivity index (χ2n) is 1.45. The normalized spacial score (nSPS) is 19.1. The molecule has 0 unspecified atom stereocenters. The van der Waals surface area contributed by atoms with Crippen LogP contribution in [-0.2, 0) is 0 Å². The number of nitrogens with zero attached hydrogens (tertiary/aromatic N) is 1. The molecule has 0 fully saturated rings. The van der Waals surface area contributed by atoms with E-state index < -0.39 is 0 Å². The van der Waals surface area contributed by atoms with Crippen LogP contribution in [0.4, 0.5) is 0 Å². The zero-order chi connectivity index (χ0) is 5.11. The van der Waals surface area contributed by atoms with Crippen molar-refractivity contribution in [1.29, 1.82) is 0 Å². The quantitative estimate of drug-likeness (QED) is 0.484. The zero-order valence-electron chi connectivity index (χ0n) is 3.96. The highest BCUT2D eigenvalue weighted by Gasteiger charge is 1.90. The molecule has 0 aromatic heterocycles. The summed E-state index contributed by atoms with van der Waals surface area (Å²) in [5, 5.41) is 8.57. The van der Waals surface area contributed by atoms with E-state index >= 15 is 0 Å². The maximum absolute atomic E-state index is 8.57. The van der Waals surface area contributed by atoms with E-state index in [1.807, 2.05) is 0 Å². The van der Waals surface area contributed by atoms with Gasteiger partial charge in [0.2, 0.25) is 5.88 Å². The summed E-state index contributed by atoms with van der Waals surface area (Å²) in [6, 6.07) is 0. The Morgan fingerprint density at radius 3 is 2.71 bits per heavy atom. The molecule has 0 aromatic rings. The Bertz CT molecular complexity index is 115. The number of hydrogen-bond donors (Lipinski definition) is 1. The summed E-state index contributed by atoms with van der Waals surface area (Å²) in [5.41, 5.74) is 0. The molecule has 0 amide bonds. The molecule has 2 heteroatoms. The van der Waals surface area contributed by atoms with Gasteiger partial charge in [-0.2, -0.15) is 0 Å². The maximum atomic E-state index is 8.57. The molecule has 0 spiro atoms. The summed E-state index contributed by atoms with van der Waals surface area (Å²) in [4.78, 5) is 3.62. The van der Waals surface area contributed by atoms with E-state index in [9.17, 15) is 0 Å². The molecule has 0 saturated heterocycles. The van der Waals surface area contributed by atoms with E-state index in [1.165, 1.54) is 0 Å². The SMILES string of the molecule is OC1=CCCC=N1. The lowest BCUT2D eigenvalue weighted by Gasteiger charge is -1.94. The molecular formula is C5H7NO. The van der Waals surface area contributed by atoms with Gasteiger partial charge < -0.3 is 5.11 Å². The first-order valence-corrected chi connectivity index (χ1v) is 2.31. The Hall–Kier alpha value is -0.790. The van der Waals surface area contributed by atoms with Gasteiger partial charge in [-0.3, -0.25) is 0 Å². The Labute approximate surface area is 42.2 Å². The van der Waals surface area contributed by atoms with Crippen molar-refractivity contribution >= 4 is 6.21 Å². The zero-order valence-corrected chi connectivity index (χ0v) is 3.96. The van der Waals surface area contributed by atoms with Crippen LogP contribution < -0.4 is 0 Å². The fraction of sp³-hybridized carbons (Fsp3) is 0.400. The summed E-state index contributed by atoms with van der Waals surface area (Å²) in [7, 11) is 0. The first kappa shape index (κ1) is 4.37. The van der Waals surface area contributed by atoms with Crippen LogP contribution in [0.25, 0.3) is 0 Å². The third kappa shape index (κ3) is 1.03. The Morgan fingerprint density at radius 1 is 1.57 bits per heavy atom. The molecular weight excluding hydrogens is 90.1 g/mol. The van der Waals surface area contributed by atoms with Crippen molar-refractivity contribution < 1.29 is 5.11 Å². The molecule has 1 aliphatic rings. The Balaban J connectivity index is 2.58. The molecule has 1 rings (SSSR count). The minimum Gasteiger partial charge on any atom is -0.494 e. The van der Waals surface area contributed by atoms with Crippen LogP contribution in [0.3, 0.4) is 0 Å². The highest BCUT2D eigenvalue weighted by atomic mass is 16.3. The van der Waals surface area contributed by atoms with Crippen LogP contribution in [0.15, 0.2) is 17.0 Å². The first-order valence-electron chi connectivity index (χ1n) is 2.31. The van der Waals surface area contributed by atoms with Crippen LogP contribution in [0.1, 0.15) is 12.8 Å². The van der Waals surface area contributed by atoms with Gasteiger partial charge in [-0.1, -0.05) is 0 Å². The number of hydrogen-bond acceptors (Lipinski definition) is 2. The summed E-state index contributed by atoms with van der Waals surface area (Å²) in [6.07, 6.45) is 5.31. The average Bonchev–Trinajstić information content (AvgIpc) is 1.69.